The van der Waals surface area contributed by atoms with Crippen molar-refractivity contribution >= 4 is 5.69 Å². The van der Waals surface area contributed by atoms with Crippen LogP contribution in [0.4, 0.5) is 5.69 Å². The molecule has 0 aliphatic carbocycles. The first-order valence-corrected chi connectivity index (χ1v) is 6.51. The van der Waals surface area contributed by atoms with E-state index < -0.39 is 0 Å². The maximum atomic E-state index is 6.14. The van der Waals surface area contributed by atoms with Crippen molar-refractivity contribution in [1.82, 2.24) is 0 Å². The third-order valence-electron chi connectivity index (χ3n) is 3.98. The lowest BCUT2D eigenvalue weighted by Crippen LogP contribution is -2.55. The first-order valence-electron chi connectivity index (χ1n) is 6.51. The van der Waals surface area contributed by atoms with E-state index in [4.69, 9.17) is 5.73 Å². The third kappa shape index (κ3) is 2.32. The van der Waals surface area contributed by atoms with E-state index in [0.717, 1.165) is 13.0 Å². The van der Waals surface area contributed by atoms with Gasteiger partial charge in [-0.05, 0) is 51.7 Å². The normalized spacial score (nSPS) is 23.8. The maximum Gasteiger partial charge on any atom is 0.0430 e. The second kappa shape index (κ2) is 4.34. The number of anilines is 1. The number of piperidine rings is 1. The highest BCUT2D eigenvalue weighted by molar-refractivity contribution is 5.61. The Morgan fingerprint density at radius 1 is 1.24 bits per heavy atom. The van der Waals surface area contributed by atoms with Crippen LogP contribution < -0.4 is 10.6 Å². The van der Waals surface area contributed by atoms with Gasteiger partial charge in [0.25, 0.3) is 0 Å². The Bertz CT molecular complexity index is 389. The highest BCUT2D eigenvalue weighted by Gasteiger charge is 2.34. The first-order chi connectivity index (χ1) is 7.92. The van der Waals surface area contributed by atoms with Gasteiger partial charge in [0.2, 0.25) is 0 Å². The fourth-order valence-electron chi connectivity index (χ4n) is 2.87. The molecule has 0 radical (unpaired) electrons. The average Bonchev–Trinajstić information content (AvgIpc) is 2.23. The molecule has 2 nitrogen and oxygen atoms in total. The van der Waals surface area contributed by atoms with Crippen LogP contribution in [0.5, 0.6) is 0 Å². The molecule has 2 N–H and O–H groups in total. The summed E-state index contributed by atoms with van der Waals surface area (Å²) in [5.74, 6) is 0. The topological polar surface area (TPSA) is 29.3 Å². The van der Waals surface area contributed by atoms with Crippen molar-refractivity contribution in [3.63, 3.8) is 0 Å². The van der Waals surface area contributed by atoms with Crippen molar-refractivity contribution in [2.75, 3.05) is 11.4 Å². The monoisotopic (exact) mass is 232 g/mol. The summed E-state index contributed by atoms with van der Waals surface area (Å²) in [6.07, 6.45) is 2.30. The van der Waals surface area contributed by atoms with E-state index in [1.165, 1.54) is 23.2 Å². The minimum atomic E-state index is 0.215. The van der Waals surface area contributed by atoms with Crippen molar-refractivity contribution in [2.24, 2.45) is 5.73 Å². The molecular formula is C15H24N2. The molecule has 1 aliphatic rings. The molecule has 0 spiro atoms. The predicted octanol–water partition coefficient (Wildman–Crippen LogP) is 3.01. The van der Waals surface area contributed by atoms with Gasteiger partial charge in [0.15, 0.2) is 0 Å². The van der Waals surface area contributed by atoms with Crippen LogP contribution in [0.25, 0.3) is 0 Å². The number of aryl methyl sites for hydroxylation is 2. The fourth-order valence-corrected chi connectivity index (χ4v) is 2.87. The lowest BCUT2D eigenvalue weighted by Gasteiger charge is -2.47. The van der Waals surface area contributed by atoms with Crippen LogP contribution in [0.3, 0.4) is 0 Å². The van der Waals surface area contributed by atoms with Gasteiger partial charge in [-0.15, -0.1) is 0 Å². The second-order valence-corrected chi connectivity index (χ2v) is 5.96. The summed E-state index contributed by atoms with van der Waals surface area (Å²) in [6, 6.07) is 6.82. The Hall–Kier alpha value is -1.02. The number of nitrogens with two attached hydrogens (primary N) is 1. The van der Waals surface area contributed by atoms with E-state index in [2.05, 4.69) is 50.8 Å². The molecule has 0 saturated carbocycles. The molecule has 1 heterocycles. The lowest BCUT2D eigenvalue weighted by atomic mass is 9.86. The molecule has 1 atom stereocenters. The van der Waals surface area contributed by atoms with Gasteiger partial charge < -0.3 is 10.6 Å². The molecule has 94 valence electrons. The van der Waals surface area contributed by atoms with E-state index in [1.807, 2.05) is 0 Å². The van der Waals surface area contributed by atoms with Crippen molar-refractivity contribution in [2.45, 2.75) is 52.1 Å². The average molecular weight is 232 g/mol. The van der Waals surface area contributed by atoms with E-state index in [0.29, 0.717) is 6.04 Å². The lowest BCUT2D eigenvalue weighted by molar-refractivity contribution is 0.334. The minimum absolute atomic E-state index is 0.215. The van der Waals surface area contributed by atoms with Crippen LogP contribution in [-0.2, 0) is 0 Å². The number of benzene rings is 1. The zero-order valence-corrected chi connectivity index (χ0v) is 11.5. The standard InChI is InChI=1S/C15H24N2/c1-11-6-5-7-12(2)14(11)17-10-13(16)8-9-15(17,3)4/h5-7,13H,8-10,16H2,1-4H3. The molecule has 1 fully saturated rings. The Balaban J connectivity index is 2.43. The van der Waals surface area contributed by atoms with Crippen LogP contribution in [0.15, 0.2) is 18.2 Å². The number of para-hydroxylation sites is 1. The van der Waals surface area contributed by atoms with Crippen LogP contribution in [0, 0.1) is 13.8 Å². The SMILES string of the molecule is Cc1cccc(C)c1N1CC(N)CCC1(C)C. The third-order valence-corrected chi connectivity index (χ3v) is 3.98. The fraction of sp³-hybridized carbons (Fsp3) is 0.600. The van der Waals surface area contributed by atoms with Crippen molar-refractivity contribution in [3.05, 3.63) is 29.3 Å². The molecule has 1 aromatic rings. The molecule has 1 unspecified atom stereocenters. The Labute approximate surface area is 105 Å². The molecule has 1 aliphatic heterocycles. The summed E-state index contributed by atoms with van der Waals surface area (Å²) >= 11 is 0. The Morgan fingerprint density at radius 2 is 1.82 bits per heavy atom. The highest BCUT2D eigenvalue weighted by atomic mass is 15.2. The van der Waals surface area contributed by atoms with E-state index in [-0.39, 0.29) is 5.54 Å². The number of hydrogen-bond acceptors (Lipinski definition) is 2. The summed E-state index contributed by atoms with van der Waals surface area (Å²) in [4.78, 5) is 2.51. The van der Waals surface area contributed by atoms with Gasteiger partial charge in [-0.25, -0.2) is 0 Å². The second-order valence-electron chi connectivity index (χ2n) is 5.96. The van der Waals surface area contributed by atoms with E-state index >= 15 is 0 Å². The number of rotatable bonds is 1. The molecule has 2 heteroatoms. The highest BCUT2D eigenvalue weighted by Crippen LogP contribution is 2.35. The zero-order chi connectivity index (χ0) is 12.6. The van der Waals surface area contributed by atoms with Crippen molar-refractivity contribution < 1.29 is 0 Å². The van der Waals surface area contributed by atoms with Gasteiger partial charge in [-0.2, -0.15) is 0 Å². The Kier molecular flexibility index (Phi) is 3.17. The smallest absolute Gasteiger partial charge is 0.0430 e. The zero-order valence-electron chi connectivity index (χ0n) is 11.5. The maximum absolute atomic E-state index is 6.14. The van der Waals surface area contributed by atoms with Gasteiger partial charge in [0, 0.05) is 23.8 Å². The molecule has 1 saturated heterocycles. The summed E-state index contributed by atoms with van der Waals surface area (Å²) in [7, 11) is 0. The van der Waals surface area contributed by atoms with Gasteiger partial charge in [-0.1, -0.05) is 18.2 Å². The van der Waals surface area contributed by atoms with Crippen LogP contribution >= 0.6 is 0 Å². The van der Waals surface area contributed by atoms with Crippen LogP contribution in [-0.4, -0.2) is 18.1 Å². The predicted molar refractivity (Wildman–Crippen MR) is 74.6 cm³/mol. The van der Waals surface area contributed by atoms with Crippen molar-refractivity contribution in [3.8, 4) is 0 Å². The summed E-state index contributed by atoms with van der Waals surface area (Å²) in [6.45, 7) is 10.0. The van der Waals surface area contributed by atoms with Crippen LogP contribution in [0.2, 0.25) is 0 Å². The van der Waals surface area contributed by atoms with Gasteiger partial charge in [0.1, 0.15) is 0 Å². The molecular weight excluding hydrogens is 208 g/mol. The van der Waals surface area contributed by atoms with Gasteiger partial charge >= 0.3 is 0 Å². The first kappa shape index (κ1) is 12.4. The Morgan fingerprint density at radius 3 is 2.41 bits per heavy atom. The molecule has 17 heavy (non-hydrogen) atoms. The molecule has 1 aromatic carbocycles. The molecule has 0 amide bonds. The number of nitrogens with zero attached hydrogens (tertiary/aromatic N) is 1. The van der Waals surface area contributed by atoms with E-state index in [1.54, 1.807) is 0 Å². The van der Waals surface area contributed by atoms with Crippen molar-refractivity contribution in [1.29, 1.82) is 0 Å². The minimum Gasteiger partial charge on any atom is -0.364 e. The molecule has 0 aromatic heterocycles. The van der Waals surface area contributed by atoms with Gasteiger partial charge in [-0.3, -0.25) is 0 Å². The van der Waals surface area contributed by atoms with Crippen LogP contribution in [0.1, 0.15) is 37.8 Å². The van der Waals surface area contributed by atoms with E-state index in [9.17, 15) is 0 Å². The number of hydrogen-bond donors (Lipinski definition) is 1. The summed E-state index contributed by atoms with van der Waals surface area (Å²) < 4.78 is 0. The molecule has 2 rings (SSSR count). The van der Waals surface area contributed by atoms with Gasteiger partial charge in [0.05, 0.1) is 0 Å². The largest absolute Gasteiger partial charge is 0.364 e. The summed E-state index contributed by atoms with van der Waals surface area (Å²) in [5.41, 5.74) is 10.4. The quantitative estimate of drug-likeness (QED) is 0.806. The molecule has 0 bridgehead atoms. The summed E-state index contributed by atoms with van der Waals surface area (Å²) in [5, 5.41) is 0.